The number of nitrogens with one attached hydrogen (secondary N) is 1. The van der Waals surface area contributed by atoms with E-state index in [4.69, 9.17) is 5.11 Å². The summed E-state index contributed by atoms with van der Waals surface area (Å²) >= 11 is 0. The first-order valence-corrected chi connectivity index (χ1v) is 7.35. The van der Waals surface area contributed by atoms with E-state index in [0.29, 0.717) is 17.4 Å². The predicted molar refractivity (Wildman–Crippen MR) is 76.0 cm³/mol. The van der Waals surface area contributed by atoms with Gasteiger partial charge in [-0.05, 0) is 31.9 Å². The molecule has 0 saturated heterocycles. The first kappa shape index (κ1) is 16.5. The van der Waals surface area contributed by atoms with Crippen LogP contribution in [0.2, 0.25) is 0 Å². The molecule has 1 aromatic heterocycles. The molecule has 2 N–H and O–H groups in total. The van der Waals surface area contributed by atoms with Gasteiger partial charge >= 0.3 is 12.5 Å². The SMILES string of the molecule is Cc1ccc(C(=O)NC2(CC(=O)O)CCCCC2)n1C(F)F. The van der Waals surface area contributed by atoms with Gasteiger partial charge in [-0.3, -0.25) is 14.2 Å². The summed E-state index contributed by atoms with van der Waals surface area (Å²) in [4.78, 5) is 23.5. The Morgan fingerprint density at radius 3 is 2.50 bits per heavy atom. The van der Waals surface area contributed by atoms with Gasteiger partial charge in [0.25, 0.3) is 5.91 Å². The molecule has 0 bridgehead atoms. The van der Waals surface area contributed by atoms with Crippen molar-refractivity contribution in [2.24, 2.45) is 0 Å². The van der Waals surface area contributed by atoms with Gasteiger partial charge in [-0.2, -0.15) is 8.78 Å². The van der Waals surface area contributed by atoms with Crippen LogP contribution in [-0.2, 0) is 4.79 Å². The van der Waals surface area contributed by atoms with Gasteiger partial charge in [0.2, 0.25) is 0 Å². The molecule has 7 heteroatoms. The molecule has 1 aliphatic rings. The quantitative estimate of drug-likeness (QED) is 0.877. The Bertz CT molecular complexity index is 563. The van der Waals surface area contributed by atoms with Crippen LogP contribution in [-0.4, -0.2) is 27.1 Å². The molecule has 1 saturated carbocycles. The zero-order chi connectivity index (χ0) is 16.3. The molecule has 0 radical (unpaired) electrons. The molecule has 1 amide bonds. The second kappa shape index (κ2) is 6.46. The van der Waals surface area contributed by atoms with Gasteiger partial charge < -0.3 is 10.4 Å². The van der Waals surface area contributed by atoms with Crippen molar-refractivity contribution in [2.75, 3.05) is 0 Å². The Hall–Kier alpha value is -1.92. The van der Waals surface area contributed by atoms with Gasteiger partial charge in [0.15, 0.2) is 0 Å². The molecule has 22 heavy (non-hydrogen) atoms. The van der Waals surface area contributed by atoms with Crippen LogP contribution >= 0.6 is 0 Å². The van der Waals surface area contributed by atoms with Crippen LogP contribution in [0.1, 0.15) is 61.3 Å². The van der Waals surface area contributed by atoms with E-state index in [1.807, 2.05) is 0 Å². The molecule has 1 heterocycles. The number of nitrogens with zero attached hydrogens (tertiary/aromatic N) is 1. The van der Waals surface area contributed by atoms with Gasteiger partial charge in [-0.15, -0.1) is 0 Å². The van der Waals surface area contributed by atoms with Crippen molar-refractivity contribution in [3.63, 3.8) is 0 Å². The van der Waals surface area contributed by atoms with Crippen LogP contribution in [0.5, 0.6) is 0 Å². The first-order chi connectivity index (χ1) is 10.3. The molecule has 1 fully saturated rings. The fraction of sp³-hybridized carbons (Fsp3) is 0.600. The molecule has 0 aliphatic heterocycles. The minimum Gasteiger partial charge on any atom is -0.481 e. The average molecular weight is 314 g/mol. The van der Waals surface area contributed by atoms with E-state index < -0.39 is 24.0 Å². The van der Waals surface area contributed by atoms with E-state index in [2.05, 4.69) is 5.32 Å². The van der Waals surface area contributed by atoms with E-state index in [-0.39, 0.29) is 17.8 Å². The minimum absolute atomic E-state index is 0.136. The molecule has 122 valence electrons. The lowest BCUT2D eigenvalue weighted by Crippen LogP contribution is -2.51. The average Bonchev–Trinajstić information content (AvgIpc) is 2.80. The fourth-order valence-corrected chi connectivity index (χ4v) is 3.16. The molecule has 2 rings (SSSR count). The third-order valence-electron chi connectivity index (χ3n) is 4.23. The Kier molecular flexibility index (Phi) is 4.83. The number of hydrogen-bond acceptors (Lipinski definition) is 2. The van der Waals surface area contributed by atoms with Gasteiger partial charge in [0.05, 0.1) is 12.0 Å². The van der Waals surface area contributed by atoms with Crippen molar-refractivity contribution in [2.45, 2.75) is 57.5 Å². The summed E-state index contributed by atoms with van der Waals surface area (Å²) in [6.45, 7) is -1.31. The van der Waals surface area contributed by atoms with Crippen molar-refractivity contribution in [3.8, 4) is 0 Å². The Morgan fingerprint density at radius 2 is 1.95 bits per heavy atom. The number of amides is 1. The lowest BCUT2D eigenvalue weighted by atomic mass is 9.79. The van der Waals surface area contributed by atoms with Gasteiger partial charge in [-0.25, -0.2) is 0 Å². The van der Waals surface area contributed by atoms with E-state index in [0.717, 1.165) is 19.3 Å². The highest BCUT2D eigenvalue weighted by molar-refractivity contribution is 5.93. The van der Waals surface area contributed by atoms with Gasteiger partial charge in [-0.1, -0.05) is 19.3 Å². The Labute approximate surface area is 127 Å². The number of aromatic nitrogens is 1. The number of aliphatic carboxylic acids is 1. The number of hydrogen-bond donors (Lipinski definition) is 2. The molecule has 0 aromatic carbocycles. The van der Waals surface area contributed by atoms with Crippen LogP contribution in [0.4, 0.5) is 8.78 Å². The number of halogens is 2. The Morgan fingerprint density at radius 1 is 1.32 bits per heavy atom. The summed E-state index contributed by atoms with van der Waals surface area (Å²) in [5.74, 6) is -1.64. The van der Waals surface area contributed by atoms with Crippen LogP contribution < -0.4 is 5.32 Å². The number of carbonyl (C=O) groups is 2. The standard InChI is InChI=1S/C15H20F2N2O3/c1-10-5-6-11(19(10)14(16)17)13(22)18-15(9-12(20)21)7-3-2-4-8-15/h5-6,14H,2-4,7-9H2,1H3,(H,18,22)(H,20,21). The zero-order valence-corrected chi connectivity index (χ0v) is 12.4. The first-order valence-electron chi connectivity index (χ1n) is 7.35. The molecular weight excluding hydrogens is 294 g/mol. The maximum atomic E-state index is 13.1. The number of aryl methyl sites for hydroxylation is 1. The summed E-state index contributed by atoms with van der Waals surface area (Å²) in [7, 11) is 0. The molecule has 0 unspecified atom stereocenters. The minimum atomic E-state index is -2.81. The smallest absolute Gasteiger partial charge is 0.319 e. The predicted octanol–water partition coefficient (Wildman–Crippen LogP) is 3.10. The topological polar surface area (TPSA) is 71.3 Å². The molecule has 0 spiro atoms. The second-order valence-corrected chi connectivity index (χ2v) is 5.87. The number of rotatable bonds is 5. The van der Waals surface area contributed by atoms with Crippen molar-refractivity contribution < 1.29 is 23.5 Å². The van der Waals surface area contributed by atoms with Crippen LogP contribution in [0.25, 0.3) is 0 Å². The maximum Gasteiger partial charge on any atom is 0.319 e. The normalized spacial score (nSPS) is 17.5. The van der Waals surface area contributed by atoms with E-state index in [9.17, 15) is 18.4 Å². The van der Waals surface area contributed by atoms with Crippen molar-refractivity contribution in [3.05, 3.63) is 23.5 Å². The molecule has 1 aromatic rings. The lowest BCUT2D eigenvalue weighted by molar-refractivity contribution is -0.139. The molecule has 1 aliphatic carbocycles. The fourth-order valence-electron chi connectivity index (χ4n) is 3.16. The van der Waals surface area contributed by atoms with Crippen molar-refractivity contribution >= 4 is 11.9 Å². The molecule has 0 atom stereocenters. The highest BCUT2D eigenvalue weighted by Crippen LogP contribution is 2.32. The van der Waals surface area contributed by atoms with Crippen LogP contribution in [0.15, 0.2) is 12.1 Å². The van der Waals surface area contributed by atoms with Crippen LogP contribution in [0.3, 0.4) is 0 Å². The second-order valence-electron chi connectivity index (χ2n) is 5.87. The summed E-state index contributed by atoms with van der Waals surface area (Å²) < 4.78 is 26.8. The lowest BCUT2D eigenvalue weighted by Gasteiger charge is -2.37. The Balaban J connectivity index is 2.23. The number of carboxylic acids is 1. The summed E-state index contributed by atoms with van der Waals surface area (Å²) in [6, 6.07) is 2.79. The summed E-state index contributed by atoms with van der Waals surface area (Å²) in [5.41, 5.74) is -0.689. The van der Waals surface area contributed by atoms with Crippen LogP contribution in [0, 0.1) is 6.92 Å². The summed E-state index contributed by atoms with van der Waals surface area (Å²) in [6.07, 6.45) is 3.56. The van der Waals surface area contributed by atoms with Crippen molar-refractivity contribution in [1.29, 1.82) is 0 Å². The van der Waals surface area contributed by atoms with Gasteiger partial charge in [0, 0.05) is 5.69 Å². The highest BCUT2D eigenvalue weighted by atomic mass is 19.3. The van der Waals surface area contributed by atoms with E-state index in [1.54, 1.807) is 0 Å². The number of carboxylic acid groups (broad SMARTS) is 1. The molecular formula is C15H20F2N2O3. The third kappa shape index (κ3) is 3.45. The third-order valence-corrected chi connectivity index (χ3v) is 4.23. The van der Waals surface area contributed by atoms with Crippen molar-refractivity contribution in [1.82, 2.24) is 9.88 Å². The largest absolute Gasteiger partial charge is 0.481 e. The van der Waals surface area contributed by atoms with E-state index >= 15 is 0 Å². The van der Waals surface area contributed by atoms with Gasteiger partial charge in [0.1, 0.15) is 5.69 Å². The maximum absolute atomic E-state index is 13.1. The highest BCUT2D eigenvalue weighted by Gasteiger charge is 2.36. The number of carbonyl (C=O) groups excluding carboxylic acids is 1. The summed E-state index contributed by atoms with van der Waals surface area (Å²) in [5, 5.41) is 11.8. The number of alkyl halides is 2. The molecule has 5 nitrogen and oxygen atoms in total. The zero-order valence-electron chi connectivity index (χ0n) is 12.4. The van der Waals surface area contributed by atoms with E-state index in [1.165, 1.54) is 19.1 Å². The monoisotopic (exact) mass is 314 g/mol.